The molecule has 0 aromatic heterocycles. The van der Waals surface area contributed by atoms with Crippen LogP contribution in [0.2, 0.25) is 0 Å². The number of carbonyl (C=O) groups excluding carboxylic acids is 2. The van der Waals surface area contributed by atoms with Crippen molar-refractivity contribution in [1.29, 1.82) is 0 Å². The number of rotatable bonds is 4. The van der Waals surface area contributed by atoms with Gasteiger partial charge in [0.1, 0.15) is 0 Å². The van der Waals surface area contributed by atoms with Crippen LogP contribution in [0.15, 0.2) is 4.99 Å². The van der Waals surface area contributed by atoms with E-state index in [0.29, 0.717) is 0 Å². The molecule has 0 aromatic carbocycles. The fourth-order valence-electron chi connectivity index (χ4n) is 0.842. The molecule has 1 unspecified atom stereocenters. The zero-order chi connectivity index (χ0) is 10.4. The highest BCUT2D eigenvalue weighted by Gasteiger charge is 2.17. The molecule has 0 spiro atoms. The summed E-state index contributed by atoms with van der Waals surface area (Å²) in [5.74, 6) is -0.851. The topological polar surface area (TPSA) is 72.5 Å². The van der Waals surface area contributed by atoms with Crippen LogP contribution in [0.25, 0.3) is 0 Å². The van der Waals surface area contributed by atoms with Gasteiger partial charge in [-0.25, -0.2) is 4.99 Å². The number of primary amides is 1. The summed E-state index contributed by atoms with van der Waals surface area (Å²) in [5, 5.41) is 0. The molecule has 2 N–H and O–H groups in total. The summed E-state index contributed by atoms with van der Waals surface area (Å²) in [6, 6.07) is 0. The minimum absolute atomic E-state index is 0.152. The second-order valence-electron chi connectivity index (χ2n) is 3.17. The predicted molar refractivity (Wildman–Crippen MR) is 51.3 cm³/mol. The quantitative estimate of drug-likeness (QED) is 0.655. The van der Waals surface area contributed by atoms with Crippen molar-refractivity contribution in [3.05, 3.63) is 0 Å². The first-order valence-electron chi connectivity index (χ1n) is 4.36. The Morgan fingerprint density at radius 3 is 2.38 bits per heavy atom. The number of nitrogens with two attached hydrogens (primary N) is 1. The van der Waals surface area contributed by atoms with Gasteiger partial charge in [0.15, 0.2) is 0 Å². The molecule has 74 valence electrons. The standard InChI is InChI=1S/C9H16N2O2/c1-4-6(2)7(3)9(13)11-5-8(10)12/h5-7H,4H2,1-3H3,(H2,10,12)/b11-5+/t6?,7-/m0/s1. The maximum absolute atomic E-state index is 11.2. The van der Waals surface area contributed by atoms with Gasteiger partial charge in [-0.05, 0) is 5.92 Å². The van der Waals surface area contributed by atoms with Crippen molar-refractivity contribution in [3.8, 4) is 0 Å². The minimum atomic E-state index is -0.690. The van der Waals surface area contributed by atoms with Gasteiger partial charge in [0.05, 0.1) is 6.21 Å². The lowest BCUT2D eigenvalue weighted by Gasteiger charge is -2.13. The Labute approximate surface area is 78.2 Å². The predicted octanol–water partition coefficient (Wildman–Crippen LogP) is 0.751. The van der Waals surface area contributed by atoms with E-state index in [0.717, 1.165) is 12.6 Å². The van der Waals surface area contributed by atoms with Crippen LogP contribution in [0.5, 0.6) is 0 Å². The van der Waals surface area contributed by atoms with Crippen LogP contribution in [-0.2, 0) is 9.59 Å². The third-order valence-electron chi connectivity index (χ3n) is 2.21. The lowest BCUT2D eigenvalue weighted by Crippen LogP contribution is -2.19. The average Bonchev–Trinajstić information content (AvgIpc) is 2.11. The normalized spacial score (nSPS) is 15.6. The highest BCUT2D eigenvalue weighted by Crippen LogP contribution is 2.15. The van der Waals surface area contributed by atoms with Crippen molar-refractivity contribution in [2.24, 2.45) is 22.6 Å². The van der Waals surface area contributed by atoms with Gasteiger partial charge < -0.3 is 5.73 Å². The van der Waals surface area contributed by atoms with E-state index < -0.39 is 5.91 Å². The Hall–Kier alpha value is -1.19. The van der Waals surface area contributed by atoms with Gasteiger partial charge in [-0.3, -0.25) is 9.59 Å². The number of nitrogens with zero attached hydrogens (tertiary/aromatic N) is 1. The third-order valence-corrected chi connectivity index (χ3v) is 2.21. The summed E-state index contributed by atoms with van der Waals surface area (Å²) >= 11 is 0. The van der Waals surface area contributed by atoms with Crippen molar-refractivity contribution in [3.63, 3.8) is 0 Å². The molecule has 4 heteroatoms. The molecule has 4 nitrogen and oxygen atoms in total. The fourth-order valence-corrected chi connectivity index (χ4v) is 0.842. The molecule has 0 fully saturated rings. The lowest BCUT2D eigenvalue weighted by molar-refractivity contribution is -0.122. The number of aliphatic imine (C=N–C) groups is 1. The first-order valence-corrected chi connectivity index (χ1v) is 4.36. The van der Waals surface area contributed by atoms with E-state index in [9.17, 15) is 9.59 Å². The molecule has 0 bridgehead atoms. The monoisotopic (exact) mass is 184 g/mol. The number of carbonyl (C=O) groups is 2. The molecule has 0 rings (SSSR count). The first-order chi connectivity index (χ1) is 5.99. The van der Waals surface area contributed by atoms with Crippen LogP contribution in [0.4, 0.5) is 0 Å². The second-order valence-corrected chi connectivity index (χ2v) is 3.17. The summed E-state index contributed by atoms with van der Waals surface area (Å²) in [4.78, 5) is 25.0. The molecule has 0 aliphatic carbocycles. The number of hydrogen-bond acceptors (Lipinski definition) is 2. The van der Waals surface area contributed by atoms with Crippen LogP contribution >= 0.6 is 0 Å². The first kappa shape index (κ1) is 11.8. The van der Waals surface area contributed by atoms with E-state index in [1.165, 1.54) is 0 Å². The molecule has 0 radical (unpaired) electrons. The van der Waals surface area contributed by atoms with E-state index in [1.807, 2.05) is 13.8 Å². The average molecular weight is 184 g/mol. The summed E-state index contributed by atoms with van der Waals surface area (Å²) in [5.41, 5.74) is 4.81. The Bertz CT molecular complexity index is 224. The molecule has 0 aliphatic heterocycles. The van der Waals surface area contributed by atoms with Gasteiger partial charge in [-0.1, -0.05) is 27.2 Å². The smallest absolute Gasteiger partial charge is 0.259 e. The van der Waals surface area contributed by atoms with Crippen LogP contribution in [-0.4, -0.2) is 18.0 Å². The van der Waals surface area contributed by atoms with E-state index in [4.69, 9.17) is 5.73 Å². The van der Waals surface area contributed by atoms with Gasteiger partial charge in [0.25, 0.3) is 5.91 Å². The SMILES string of the molecule is CCC(C)[C@H](C)C(=O)/N=C/C(N)=O. The summed E-state index contributed by atoms with van der Waals surface area (Å²) in [7, 11) is 0. The zero-order valence-corrected chi connectivity index (χ0v) is 8.28. The third kappa shape index (κ3) is 4.40. The summed E-state index contributed by atoms with van der Waals surface area (Å²) in [6.07, 6.45) is 1.78. The van der Waals surface area contributed by atoms with Crippen molar-refractivity contribution in [1.82, 2.24) is 0 Å². The van der Waals surface area contributed by atoms with Crippen molar-refractivity contribution in [2.45, 2.75) is 27.2 Å². The molecule has 0 aliphatic rings. The van der Waals surface area contributed by atoms with Gasteiger partial charge in [-0.15, -0.1) is 0 Å². The Morgan fingerprint density at radius 1 is 1.46 bits per heavy atom. The van der Waals surface area contributed by atoms with Crippen molar-refractivity contribution in [2.75, 3.05) is 0 Å². The maximum atomic E-state index is 11.2. The molecule has 0 saturated carbocycles. The molecular weight excluding hydrogens is 168 g/mol. The van der Waals surface area contributed by atoms with E-state index in [-0.39, 0.29) is 17.7 Å². The van der Waals surface area contributed by atoms with Crippen LogP contribution < -0.4 is 5.73 Å². The highest BCUT2D eigenvalue weighted by molar-refractivity contribution is 6.27. The summed E-state index contributed by atoms with van der Waals surface area (Å²) in [6.45, 7) is 5.78. The maximum Gasteiger partial charge on any atom is 0.259 e. The Balaban J connectivity index is 4.19. The molecule has 0 heterocycles. The van der Waals surface area contributed by atoms with Gasteiger partial charge in [0.2, 0.25) is 5.91 Å². The van der Waals surface area contributed by atoms with Gasteiger partial charge in [-0.2, -0.15) is 0 Å². The van der Waals surface area contributed by atoms with E-state index in [1.54, 1.807) is 6.92 Å². The zero-order valence-electron chi connectivity index (χ0n) is 8.28. The number of amides is 2. The van der Waals surface area contributed by atoms with Crippen molar-refractivity contribution < 1.29 is 9.59 Å². The molecule has 2 amide bonds. The van der Waals surface area contributed by atoms with Gasteiger partial charge >= 0.3 is 0 Å². The van der Waals surface area contributed by atoms with Crippen molar-refractivity contribution >= 4 is 18.0 Å². The fraction of sp³-hybridized carbons (Fsp3) is 0.667. The molecule has 0 aromatic rings. The van der Waals surface area contributed by atoms with E-state index in [2.05, 4.69) is 4.99 Å². The second kappa shape index (κ2) is 5.45. The minimum Gasteiger partial charge on any atom is -0.365 e. The lowest BCUT2D eigenvalue weighted by atomic mass is 9.93. The van der Waals surface area contributed by atoms with Crippen LogP contribution in [0, 0.1) is 11.8 Å². The molecule has 0 saturated heterocycles. The number of hydrogen-bond donors (Lipinski definition) is 1. The Morgan fingerprint density at radius 2 is 2.00 bits per heavy atom. The van der Waals surface area contributed by atoms with Gasteiger partial charge in [0, 0.05) is 5.92 Å². The molecule has 13 heavy (non-hydrogen) atoms. The largest absolute Gasteiger partial charge is 0.365 e. The van der Waals surface area contributed by atoms with Crippen LogP contribution in [0.3, 0.4) is 0 Å². The Kier molecular flexibility index (Phi) is 4.96. The van der Waals surface area contributed by atoms with E-state index >= 15 is 0 Å². The highest BCUT2D eigenvalue weighted by atomic mass is 16.2. The molecule has 2 atom stereocenters. The summed E-state index contributed by atoms with van der Waals surface area (Å²) < 4.78 is 0. The van der Waals surface area contributed by atoms with Crippen LogP contribution in [0.1, 0.15) is 27.2 Å². The molecular formula is C9H16N2O2.